The van der Waals surface area contributed by atoms with Gasteiger partial charge in [0.05, 0.1) is 0 Å². The van der Waals surface area contributed by atoms with Gasteiger partial charge in [0.1, 0.15) is 0 Å². The Bertz CT molecular complexity index is 708. The normalized spacial score (nSPS) is 12.8. The first kappa shape index (κ1) is 33.0. The monoisotopic (exact) mass is 398 g/mol. The Labute approximate surface area is 173 Å². The van der Waals surface area contributed by atoms with Crippen LogP contribution in [0.5, 0.6) is 0 Å². The number of hydrogen-bond acceptors (Lipinski definition) is 2. The predicted octanol–water partition coefficient (Wildman–Crippen LogP) is 7.13. The van der Waals surface area contributed by atoms with Gasteiger partial charge < -0.3 is 10.3 Å². The number of nitrogens with zero attached hydrogens (tertiary/aromatic N) is 1. The van der Waals surface area contributed by atoms with E-state index < -0.39 is 0 Å². The fourth-order valence-electron chi connectivity index (χ4n) is 2.87. The van der Waals surface area contributed by atoms with Crippen molar-refractivity contribution in [2.45, 2.75) is 76.3 Å². The van der Waals surface area contributed by atoms with E-state index in [1.165, 1.54) is 7.05 Å². The highest BCUT2D eigenvalue weighted by molar-refractivity contribution is 6.30. The smallest absolute Gasteiger partial charge is 0.251 e. The minimum atomic E-state index is 0. The first-order valence-electron chi connectivity index (χ1n) is 8.16. The number of fused-ring (bicyclic) bond motifs is 1. The van der Waals surface area contributed by atoms with Crippen LogP contribution >= 0.6 is 11.6 Å². The molecule has 27 heavy (non-hydrogen) atoms. The Morgan fingerprint density at radius 3 is 2.15 bits per heavy atom. The number of pyridine rings is 1. The molecule has 0 saturated carbocycles. The van der Waals surface area contributed by atoms with E-state index in [0.717, 1.165) is 35.2 Å². The summed E-state index contributed by atoms with van der Waals surface area (Å²) >= 11 is 6.06. The molecule has 2 N–H and O–H groups in total. The van der Waals surface area contributed by atoms with E-state index in [9.17, 15) is 4.79 Å². The van der Waals surface area contributed by atoms with Gasteiger partial charge in [0.2, 0.25) is 0 Å². The van der Waals surface area contributed by atoms with Gasteiger partial charge in [0, 0.05) is 22.8 Å². The van der Waals surface area contributed by atoms with E-state index in [0.29, 0.717) is 11.1 Å². The van der Waals surface area contributed by atoms with Gasteiger partial charge in [-0.3, -0.25) is 4.79 Å². The number of hydrogen-bond donors (Lipinski definition) is 1. The summed E-state index contributed by atoms with van der Waals surface area (Å²) in [5.41, 5.74) is 8.89. The molecular weight excluding hydrogens is 356 g/mol. The summed E-state index contributed by atoms with van der Waals surface area (Å²) in [5, 5.41) is 0.703. The molecule has 0 saturated heterocycles. The largest absolute Gasteiger partial charge is 0.333 e. The summed E-state index contributed by atoms with van der Waals surface area (Å²) < 4.78 is 1.91. The van der Waals surface area contributed by atoms with E-state index >= 15 is 0 Å². The fraction of sp³-hybridized carbons (Fsp3) is 0.522. The molecule has 3 nitrogen and oxygen atoms in total. The number of benzene rings is 1. The molecule has 4 heteroatoms. The van der Waals surface area contributed by atoms with Gasteiger partial charge in [-0.15, -0.1) is 0 Å². The minimum absolute atomic E-state index is 0. The molecule has 1 aliphatic heterocycles. The van der Waals surface area contributed by atoms with Crippen LogP contribution in [0.2, 0.25) is 5.02 Å². The Balaban J connectivity index is -0.000000311. The molecule has 2 heterocycles. The molecule has 1 atom stereocenters. The van der Waals surface area contributed by atoms with Gasteiger partial charge in [-0.1, -0.05) is 61.2 Å². The summed E-state index contributed by atoms with van der Waals surface area (Å²) in [5.74, 6) is 0. The van der Waals surface area contributed by atoms with Crippen molar-refractivity contribution in [1.82, 2.24) is 4.57 Å². The molecule has 2 aromatic rings. The molecule has 0 amide bonds. The number of halogens is 1. The van der Waals surface area contributed by atoms with Gasteiger partial charge in [-0.05, 0) is 68.6 Å². The Morgan fingerprint density at radius 2 is 1.59 bits per heavy atom. The maximum atomic E-state index is 12.2. The van der Waals surface area contributed by atoms with Gasteiger partial charge >= 0.3 is 0 Å². The lowest BCUT2D eigenvalue weighted by atomic mass is 10.0. The van der Waals surface area contributed by atoms with Gasteiger partial charge in [-0.2, -0.15) is 0 Å². The lowest BCUT2D eigenvalue weighted by Gasteiger charge is -2.12. The number of aryl methyl sites for hydroxylation is 2. The predicted molar refractivity (Wildman–Crippen MR) is 127 cm³/mol. The topological polar surface area (TPSA) is 48.0 Å². The van der Waals surface area contributed by atoms with Crippen LogP contribution in [-0.2, 0) is 6.42 Å². The van der Waals surface area contributed by atoms with Gasteiger partial charge in [0.25, 0.3) is 5.56 Å². The van der Waals surface area contributed by atoms with Crippen molar-refractivity contribution in [2.24, 2.45) is 5.73 Å². The van der Waals surface area contributed by atoms with Crippen molar-refractivity contribution in [1.29, 1.82) is 0 Å². The summed E-state index contributed by atoms with van der Waals surface area (Å²) in [7, 11) is 1.50. The zero-order valence-electron chi connectivity index (χ0n) is 14.7. The maximum Gasteiger partial charge on any atom is 0.251 e. The molecule has 0 bridgehead atoms. The van der Waals surface area contributed by atoms with Crippen LogP contribution in [-0.4, -0.2) is 11.6 Å². The van der Waals surface area contributed by atoms with Crippen molar-refractivity contribution in [3.63, 3.8) is 0 Å². The number of aromatic nitrogens is 1. The van der Waals surface area contributed by atoms with Crippen molar-refractivity contribution in [3.05, 3.63) is 57.0 Å². The molecule has 0 fully saturated rings. The van der Waals surface area contributed by atoms with Crippen molar-refractivity contribution < 1.29 is 0 Å². The summed E-state index contributed by atoms with van der Waals surface area (Å²) in [6.07, 6.45) is 2.02. The third-order valence-corrected chi connectivity index (χ3v) is 4.15. The molecule has 1 aromatic heterocycles. The van der Waals surface area contributed by atoms with Crippen LogP contribution in [0.3, 0.4) is 0 Å². The van der Waals surface area contributed by atoms with Gasteiger partial charge in [-0.25, -0.2) is 0 Å². The van der Waals surface area contributed by atoms with Crippen molar-refractivity contribution >= 4 is 11.6 Å². The molecular formula is C23H43ClN2O. The van der Waals surface area contributed by atoms with Crippen LogP contribution in [0.25, 0.3) is 11.1 Å². The van der Waals surface area contributed by atoms with Gasteiger partial charge in [0.15, 0.2) is 0 Å². The summed E-state index contributed by atoms with van der Waals surface area (Å²) in [6.45, 7) is 8.14. The number of nitrogens with two attached hydrogens (primary N) is 1. The van der Waals surface area contributed by atoms with Crippen molar-refractivity contribution in [3.8, 4) is 11.1 Å². The Morgan fingerprint density at radius 1 is 1.04 bits per heavy atom. The highest BCUT2D eigenvalue weighted by atomic mass is 35.5. The third-order valence-electron chi connectivity index (χ3n) is 3.92. The molecule has 0 radical (unpaired) electrons. The van der Waals surface area contributed by atoms with E-state index in [4.69, 9.17) is 11.6 Å². The zero-order chi connectivity index (χ0) is 17.6. The molecule has 0 unspecified atom stereocenters. The molecule has 0 spiro atoms. The summed E-state index contributed by atoms with van der Waals surface area (Å²) in [6, 6.07) is 9.97. The van der Waals surface area contributed by atoms with Crippen LogP contribution in [0.4, 0.5) is 0 Å². The number of rotatable bonds is 1. The lowest BCUT2D eigenvalue weighted by molar-refractivity contribution is 0.564. The lowest BCUT2D eigenvalue weighted by Crippen LogP contribution is -2.20. The molecule has 1 aromatic carbocycles. The van der Waals surface area contributed by atoms with Crippen LogP contribution in [0.1, 0.15) is 74.2 Å². The van der Waals surface area contributed by atoms with Crippen LogP contribution in [0.15, 0.2) is 35.1 Å². The maximum absolute atomic E-state index is 12.2. The van der Waals surface area contributed by atoms with Crippen LogP contribution < -0.4 is 11.3 Å². The molecule has 0 aliphatic carbocycles. The molecule has 3 rings (SSSR count). The first-order valence-corrected chi connectivity index (χ1v) is 8.54. The quantitative estimate of drug-likeness (QED) is 0.555. The van der Waals surface area contributed by atoms with Crippen molar-refractivity contribution in [2.75, 3.05) is 7.05 Å². The van der Waals surface area contributed by atoms with E-state index in [-0.39, 0.29) is 35.3 Å². The summed E-state index contributed by atoms with van der Waals surface area (Å²) in [4.78, 5) is 12.2. The SMILES string of the molecule is C.C.C.C.CC.CN.Cc1ccc(Cl)cc1-c1cc2n(c(=O)c1)[C@H](C)CC2. The average molecular weight is 399 g/mol. The highest BCUT2D eigenvalue weighted by Crippen LogP contribution is 2.30. The second-order valence-electron chi connectivity index (χ2n) is 5.29. The minimum Gasteiger partial charge on any atom is -0.333 e. The van der Waals surface area contributed by atoms with E-state index in [1.807, 2.05) is 43.5 Å². The Hall–Kier alpha value is -1.58. The second-order valence-corrected chi connectivity index (χ2v) is 5.73. The Kier molecular flexibility index (Phi) is 18.9. The highest BCUT2D eigenvalue weighted by Gasteiger charge is 2.20. The van der Waals surface area contributed by atoms with Crippen LogP contribution in [0, 0.1) is 6.92 Å². The average Bonchev–Trinajstić information content (AvgIpc) is 2.95. The molecule has 158 valence electrons. The fourth-order valence-corrected chi connectivity index (χ4v) is 3.05. The third kappa shape index (κ3) is 7.51. The van der Waals surface area contributed by atoms with E-state index in [2.05, 4.69) is 18.7 Å². The zero-order valence-corrected chi connectivity index (χ0v) is 15.4. The van der Waals surface area contributed by atoms with E-state index in [1.54, 1.807) is 6.07 Å². The second kappa shape index (κ2) is 15.5. The standard InChI is InChI=1S/C16H16ClNO.C2H6.CH5N.4CH4/c1-10-3-5-13(17)9-15(10)12-7-14-6-4-11(2)18(14)16(19)8-12;2*1-2;;;;/h3,5,7-9,11H,4,6H2,1-2H3;1-2H3;2H2,1H3;4*1H4/t11-;;;;;;/m1....../s1. The molecule has 1 aliphatic rings. The first-order chi connectivity index (χ1) is 11.1.